The molecule has 2 unspecified atom stereocenters. The Bertz CT molecular complexity index is 495. The monoisotopic (exact) mass is 328 g/mol. The molecule has 2 bridgehead atoms. The average Bonchev–Trinajstić information content (AvgIpc) is 2.39. The molecule has 0 heterocycles. The minimum atomic E-state index is -0.00938. The Morgan fingerprint density at radius 1 is 1.24 bits per heavy atom. The van der Waals surface area contributed by atoms with E-state index in [0.29, 0.717) is 28.5 Å². The SMILES string of the molecule is Cl.NC1CC2CCCC(C1)C2NC(=O)c1cccc(Cl)c1. The van der Waals surface area contributed by atoms with E-state index in [-0.39, 0.29) is 24.4 Å². The van der Waals surface area contributed by atoms with Gasteiger partial charge in [0, 0.05) is 22.7 Å². The molecule has 3 nitrogen and oxygen atoms in total. The number of carbonyl (C=O) groups excluding carboxylic acids is 1. The van der Waals surface area contributed by atoms with E-state index in [9.17, 15) is 4.79 Å². The standard InChI is InChI=1S/C16H21ClN2O.ClH/c17-13-6-2-5-12(7-13)16(20)19-15-10-3-1-4-11(15)9-14(18)8-10;/h2,5-7,10-11,14-15H,1,3-4,8-9,18H2,(H,19,20);1H. The predicted octanol–water partition coefficient (Wildman–Crippen LogP) is 3.40. The second-order valence-electron chi connectivity index (χ2n) is 6.19. The van der Waals surface area contributed by atoms with Crippen LogP contribution in [0.5, 0.6) is 0 Å². The minimum Gasteiger partial charge on any atom is -0.349 e. The van der Waals surface area contributed by atoms with Crippen molar-refractivity contribution in [3.63, 3.8) is 0 Å². The summed E-state index contributed by atoms with van der Waals surface area (Å²) in [5.41, 5.74) is 6.76. The molecule has 2 fully saturated rings. The van der Waals surface area contributed by atoms with Gasteiger partial charge in [-0.2, -0.15) is 0 Å². The molecule has 0 saturated heterocycles. The van der Waals surface area contributed by atoms with Gasteiger partial charge in [-0.15, -0.1) is 12.4 Å². The molecule has 0 aliphatic heterocycles. The fraction of sp³-hybridized carbons (Fsp3) is 0.562. The van der Waals surface area contributed by atoms with E-state index in [1.165, 1.54) is 19.3 Å². The number of rotatable bonds is 2. The molecule has 2 atom stereocenters. The number of nitrogens with one attached hydrogen (secondary N) is 1. The van der Waals surface area contributed by atoms with Gasteiger partial charge >= 0.3 is 0 Å². The van der Waals surface area contributed by atoms with Crippen molar-refractivity contribution in [1.29, 1.82) is 0 Å². The molecule has 3 rings (SSSR count). The average molecular weight is 329 g/mol. The van der Waals surface area contributed by atoms with Crippen LogP contribution in [-0.4, -0.2) is 18.0 Å². The van der Waals surface area contributed by atoms with Crippen molar-refractivity contribution in [2.75, 3.05) is 0 Å². The summed E-state index contributed by atoms with van der Waals surface area (Å²) in [6, 6.07) is 7.73. The van der Waals surface area contributed by atoms with Crippen LogP contribution >= 0.6 is 24.0 Å². The Labute approximate surface area is 137 Å². The van der Waals surface area contributed by atoms with Gasteiger partial charge in [-0.05, 0) is 55.7 Å². The molecule has 1 aromatic carbocycles. The smallest absolute Gasteiger partial charge is 0.251 e. The van der Waals surface area contributed by atoms with Crippen molar-refractivity contribution < 1.29 is 4.79 Å². The Morgan fingerprint density at radius 2 is 1.90 bits per heavy atom. The summed E-state index contributed by atoms with van der Waals surface area (Å²) in [6.45, 7) is 0. The maximum atomic E-state index is 12.4. The van der Waals surface area contributed by atoms with Gasteiger partial charge in [0.15, 0.2) is 0 Å². The highest BCUT2D eigenvalue weighted by atomic mass is 35.5. The van der Waals surface area contributed by atoms with Gasteiger partial charge in [0.1, 0.15) is 0 Å². The van der Waals surface area contributed by atoms with E-state index in [0.717, 1.165) is 12.8 Å². The second kappa shape index (κ2) is 6.99. The summed E-state index contributed by atoms with van der Waals surface area (Å²) in [7, 11) is 0. The first-order valence-electron chi connectivity index (χ1n) is 7.45. The van der Waals surface area contributed by atoms with Crippen LogP contribution in [0, 0.1) is 11.8 Å². The number of hydrogen-bond donors (Lipinski definition) is 2. The van der Waals surface area contributed by atoms with Crippen molar-refractivity contribution in [3.05, 3.63) is 34.9 Å². The number of carbonyl (C=O) groups is 1. The first-order chi connectivity index (χ1) is 9.63. The zero-order valence-electron chi connectivity index (χ0n) is 11.9. The third kappa shape index (κ3) is 3.71. The number of amides is 1. The van der Waals surface area contributed by atoms with Crippen molar-refractivity contribution in [3.8, 4) is 0 Å². The van der Waals surface area contributed by atoms with Crippen molar-refractivity contribution >= 4 is 29.9 Å². The van der Waals surface area contributed by atoms with Crippen LogP contribution < -0.4 is 11.1 Å². The van der Waals surface area contributed by atoms with E-state index < -0.39 is 0 Å². The van der Waals surface area contributed by atoms with Gasteiger partial charge in [-0.1, -0.05) is 24.1 Å². The topological polar surface area (TPSA) is 55.1 Å². The lowest BCUT2D eigenvalue weighted by Gasteiger charge is -2.45. The highest BCUT2D eigenvalue weighted by Gasteiger charge is 2.39. The van der Waals surface area contributed by atoms with Gasteiger partial charge in [0.2, 0.25) is 0 Å². The molecular formula is C16H22Cl2N2O. The number of halogens is 2. The molecule has 21 heavy (non-hydrogen) atoms. The van der Waals surface area contributed by atoms with Gasteiger partial charge in [0.05, 0.1) is 0 Å². The van der Waals surface area contributed by atoms with E-state index in [1.807, 2.05) is 12.1 Å². The normalized spacial score (nSPS) is 31.1. The lowest BCUT2D eigenvalue weighted by molar-refractivity contribution is 0.0756. The summed E-state index contributed by atoms with van der Waals surface area (Å²) in [5, 5.41) is 3.83. The largest absolute Gasteiger partial charge is 0.349 e. The van der Waals surface area contributed by atoms with E-state index in [1.54, 1.807) is 12.1 Å². The van der Waals surface area contributed by atoms with Crippen molar-refractivity contribution in [1.82, 2.24) is 5.32 Å². The van der Waals surface area contributed by atoms with Crippen LogP contribution in [0.2, 0.25) is 5.02 Å². The van der Waals surface area contributed by atoms with Crippen LogP contribution in [0.15, 0.2) is 24.3 Å². The zero-order valence-corrected chi connectivity index (χ0v) is 13.5. The van der Waals surface area contributed by atoms with Crippen LogP contribution in [0.25, 0.3) is 0 Å². The van der Waals surface area contributed by atoms with Crippen LogP contribution in [0.4, 0.5) is 0 Å². The molecule has 0 spiro atoms. The van der Waals surface area contributed by atoms with Crippen LogP contribution in [-0.2, 0) is 0 Å². The highest BCUT2D eigenvalue weighted by molar-refractivity contribution is 6.30. The molecule has 116 valence electrons. The van der Waals surface area contributed by atoms with Crippen molar-refractivity contribution in [2.24, 2.45) is 17.6 Å². The first-order valence-corrected chi connectivity index (χ1v) is 7.83. The highest BCUT2D eigenvalue weighted by Crippen LogP contribution is 2.39. The van der Waals surface area contributed by atoms with Gasteiger partial charge < -0.3 is 11.1 Å². The Hall–Kier alpha value is -0.770. The molecule has 2 saturated carbocycles. The lowest BCUT2D eigenvalue weighted by atomic mass is 9.67. The summed E-state index contributed by atoms with van der Waals surface area (Å²) in [6.07, 6.45) is 5.72. The zero-order chi connectivity index (χ0) is 14.1. The van der Waals surface area contributed by atoms with Crippen LogP contribution in [0.3, 0.4) is 0 Å². The molecule has 3 N–H and O–H groups in total. The predicted molar refractivity (Wildman–Crippen MR) is 88.0 cm³/mol. The fourth-order valence-electron chi connectivity index (χ4n) is 3.89. The number of fused-ring (bicyclic) bond motifs is 2. The molecule has 5 heteroatoms. The second-order valence-corrected chi connectivity index (χ2v) is 6.63. The molecular weight excluding hydrogens is 307 g/mol. The fourth-order valence-corrected chi connectivity index (χ4v) is 4.08. The van der Waals surface area contributed by atoms with Gasteiger partial charge in [-0.3, -0.25) is 4.79 Å². The third-order valence-electron chi connectivity index (χ3n) is 4.76. The van der Waals surface area contributed by atoms with E-state index >= 15 is 0 Å². The number of hydrogen-bond acceptors (Lipinski definition) is 2. The molecule has 2 aliphatic rings. The molecule has 1 aromatic rings. The molecule has 0 radical (unpaired) electrons. The summed E-state index contributed by atoms with van der Waals surface area (Å²) >= 11 is 5.95. The summed E-state index contributed by atoms with van der Waals surface area (Å²) < 4.78 is 0. The molecule has 0 aromatic heterocycles. The van der Waals surface area contributed by atoms with E-state index in [4.69, 9.17) is 17.3 Å². The van der Waals surface area contributed by atoms with Gasteiger partial charge in [0.25, 0.3) is 5.91 Å². The number of benzene rings is 1. The first kappa shape index (κ1) is 16.6. The molecule has 2 aliphatic carbocycles. The number of nitrogens with two attached hydrogens (primary N) is 1. The Morgan fingerprint density at radius 3 is 2.52 bits per heavy atom. The Kier molecular flexibility index (Phi) is 5.53. The third-order valence-corrected chi connectivity index (χ3v) is 5.00. The van der Waals surface area contributed by atoms with Gasteiger partial charge in [-0.25, -0.2) is 0 Å². The van der Waals surface area contributed by atoms with Crippen LogP contribution in [0.1, 0.15) is 42.5 Å². The lowest BCUT2D eigenvalue weighted by Crippen LogP contribution is -2.53. The maximum Gasteiger partial charge on any atom is 0.251 e. The Balaban J connectivity index is 0.00000161. The van der Waals surface area contributed by atoms with Crippen molar-refractivity contribution in [2.45, 2.75) is 44.2 Å². The summed E-state index contributed by atoms with van der Waals surface area (Å²) in [5.74, 6) is 1.08. The van der Waals surface area contributed by atoms with E-state index in [2.05, 4.69) is 5.32 Å². The minimum absolute atomic E-state index is 0. The quantitative estimate of drug-likeness (QED) is 0.874. The molecule has 1 amide bonds. The summed E-state index contributed by atoms with van der Waals surface area (Å²) in [4.78, 5) is 12.4. The maximum absolute atomic E-state index is 12.4.